The van der Waals surface area contributed by atoms with Crippen molar-refractivity contribution in [3.05, 3.63) is 63.6 Å². The van der Waals surface area contributed by atoms with E-state index in [-0.39, 0.29) is 23.8 Å². The van der Waals surface area contributed by atoms with Gasteiger partial charge in [0.1, 0.15) is 12.4 Å². The molecule has 0 unspecified atom stereocenters. The molecule has 0 aliphatic carbocycles. The molecule has 30 heavy (non-hydrogen) atoms. The van der Waals surface area contributed by atoms with E-state index in [2.05, 4.69) is 5.10 Å². The Bertz CT molecular complexity index is 1140. The maximum Gasteiger partial charge on any atom is 0.276 e. The molecule has 3 heterocycles. The maximum atomic E-state index is 14.2. The number of hydrogen-bond donors (Lipinski definition) is 0. The van der Waals surface area contributed by atoms with Crippen LogP contribution in [0.2, 0.25) is 0 Å². The first-order valence-corrected chi connectivity index (χ1v) is 10.5. The Kier molecular flexibility index (Phi) is 5.70. The Morgan fingerprint density at radius 2 is 1.77 bits per heavy atom. The number of rotatable bonds is 4. The Balaban J connectivity index is 1.67. The minimum absolute atomic E-state index is 0.0498. The summed E-state index contributed by atoms with van der Waals surface area (Å²) < 4.78 is 17.4. The van der Waals surface area contributed by atoms with Crippen LogP contribution in [0.25, 0.3) is 10.8 Å². The highest BCUT2D eigenvalue weighted by atomic mass is 19.1. The van der Waals surface area contributed by atoms with Gasteiger partial charge in [-0.15, -0.1) is 0 Å². The standard InChI is InChI=1S/C23H27FN4O2/c1-16-19-13-25-28(15-21(29)26-11-7-3-4-8-12-26)23(30)22(19)17(2)27(16)14-18-9-5-6-10-20(18)24/h5-6,9-10,13H,3-4,7-8,11-12,14-15H2,1-2H3. The van der Waals surface area contributed by atoms with E-state index >= 15 is 0 Å². The first kappa shape index (κ1) is 20.3. The van der Waals surface area contributed by atoms with Gasteiger partial charge in [-0.3, -0.25) is 9.59 Å². The number of likely N-dealkylation sites (tertiary alicyclic amines) is 1. The summed E-state index contributed by atoms with van der Waals surface area (Å²) in [5, 5.41) is 5.56. The van der Waals surface area contributed by atoms with Crippen molar-refractivity contribution in [3.63, 3.8) is 0 Å². The molecule has 0 N–H and O–H groups in total. The van der Waals surface area contributed by atoms with E-state index in [1.165, 1.54) is 10.7 Å². The van der Waals surface area contributed by atoms with Crippen LogP contribution in [0.5, 0.6) is 0 Å². The number of aromatic nitrogens is 3. The normalized spacial score (nSPS) is 14.8. The fraction of sp³-hybridized carbons (Fsp3) is 0.435. The molecule has 3 aromatic rings. The number of carbonyl (C=O) groups excluding carboxylic acids is 1. The monoisotopic (exact) mass is 410 g/mol. The number of amides is 1. The van der Waals surface area contributed by atoms with Crippen molar-refractivity contribution in [2.75, 3.05) is 13.1 Å². The first-order valence-electron chi connectivity index (χ1n) is 10.5. The van der Waals surface area contributed by atoms with Gasteiger partial charge in [0, 0.05) is 35.4 Å². The molecule has 0 saturated carbocycles. The van der Waals surface area contributed by atoms with Crippen LogP contribution < -0.4 is 5.56 Å². The summed E-state index contributed by atoms with van der Waals surface area (Å²) >= 11 is 0. The zero-order valence-electron chi connectivity index (χ0n) is 17.5. The molecule has 1 amide bonds. The van der Waals surface area contributed by atoms with Crippen LogP contribution in [0.3, 0.4) is 0 Å². The number of halogens is 1. The number of hydrogen-bond acceptors (Lipinski definition) is 3. The SMILES string of the molecule is Cc1c2cnn(CC(=O)N3CCCCCC3)c(=O)c2c(C)n1Cc1ccccc1F. The molecule has 1 fully saturated rings. The predicted molar refractivity (Wildman–Crippen MR) is 114 cm³/mol. The van der Waals surface area contributed by atoms with E-state index in [4.69, 9.17) is 0 Å². The van der Waals surface area contributed by atoms with Crippen LogP contribution in [0, 0.1) is 19.7 Å². The minimum Gasteiger partial charge on any atom is -0.343 e. The molecule has 0 bridgehead atoms. The summed E-state index contributed by atoms with van der Waals surface area (Å²) in [6.07, 6.45) is 5.94. The average Bonchev–Trinajstić information content (AvgIpc) is 2.92. The van der Waals surface area contributed by atoms with Crippen molar-refractivity contribution in [3.8, 4) is 0 Å². The highest BCUT2D eigenvalue weighted by molar-refractivity contribution is 5.87. The van der Waals surface area contributed by atoms with E-state index < -0.39 is 0 Å². The van der Waals surface area contributed by atoms with Crippen LogP contribution in [-0.4, -0.2) is 38.2 Å². The molecular formula is C23H27FN4O2. The minimum atomic E-state index is -0.274. The summed E-state index contributed by atoms with van der Waals surface area (Å²) in [7, 11) is 0. The molecule has 0 radical (unpaired) electrons. The van der Waals surface area contributed by atoms with E-state index in [0.29, 0.717) is 17.5 Å². The summed E-state index contributed by atoms with van der Waals surface area (Å²) in [4.78, 5) is 27.7. The molecule has 1 aromatic carbocycles. The lowest BCUT2D eigenvalue weighted by molar-refractivity contribution is -0.132. The van der Waals surface area contributed by atoms with Crippen molar-refractivity contribution in [2.24, 2.45) is 0 Å². The van der Waals surface area contributed by atoms with Gasteiger partial charge in [0.2, 0.25) is 5.91 Å². The van der Waals surface area contributed by atoms with Crippen LogP contribution >= 0.6 is 0 Å². The lowest BCUT2D eigenvalue weighted by atomic mass is 10.2. The van der Waals surface area contributed by atoms with Crippen molar-refractivity contribution < 1.29 is 9.18 Å². The molecule has 4 rings (SSSR count). The number of aryl methyl sites for hydroxylation is 2. The van der Waals surface area contributed by atoms with Gasteiger partial charge < -0.3 is 9.47 Å². The Morgan fingerprint density at radius 1 is 1.07 bits per heavy atom. The molecule has 1 saturated heterocycles. The molecule has 1 aliphatic heterocycles. The average molecular weight is 410 g/mol. The number of benzene rings is 1. The quantitative estimate of drug-likeness (QED) is 0.662. The fourth-order valence-corrected chi connectivity index (χ4v) is 4.34. The molecular weight excluding hydrogens is 383 g/mol. The molecule has 158 valence electrons. The molecule has 2 aromatic heterocycles. The smallest absolute Gasteiger partial charge is 0.276 e. The molecule has 6 nitrogen and oxygen atoms in total. The predicted octanol–water partition coefficient (Wildman–Crippen LogP) is 3.40. The first-order chi connectivity index (χ1) is 14.5. The van der Waals surface area contributed by atoms with Gasteiger partial charge in [-0.2, -0.15) is 5.10 Å². The third kappa shape index (κ3) is 3.76. The fourth-order valence-electron chi connectivity index (χ4n) is 4.34. The zero-order chi connectivity index (χ0) is 21.3. The zero-order valence-corrected chi connectivity index (χ0v) is 17.5. The second-order valence-electron chi connectivity index (χ2n) is 8.04. The lowest BCUT2D eigenvalue weighted by Crippen LogP contribution is -2.37. The Hall–Kier alpha value is -2.96. The highest BCUT2D eigenvalue weighted by Gasteiger charge is 2.20. The third-order valence-electron chi connectivity index (χ3n) is 6.14. The van der Waals surface area contributed by atoms with Crippen LogP contribution in [0.1, 0.15) is 42.6 Å². The summed E-state index contributed by atoms with van der Waals surface area (Å²) in [6, 6.07) is 6.64. The van der Waals surface area contributed by atoms with Crippen molar-refractivity contribution in [2.45, 2.75) is 52.6 Å². The second-order valence-corrected chi connectivity index (χ2v) is 8.04. The molecule has 0 atom stereocenters. The van der Waals surface area contributed by atoms with Gasteiger partial charge in [0.15, 0.2) is 0 Å². The van der Waals surface area contributed by atoms with Crippen molar-refractivity contribution in [1.29, 1.82) is 0 Å². The van der Waals surface area contributed by atoms with E-state index in [1.54, 1.807) is 24.4 Å². The van der Waals surface area contributed by atoms with Crippen LogP contribution in [0.4, 0.5) is 4.39 Å². The van der Waals surface area contributed by atoms with Gasteiger partial charge in [-0.25, -0.2) is 9.07 Å². The second kappa shape index (κ2) is 8.42. The number of fused-ring (bicyclic) bond motifs is 1. The number of carbonyl (C=O) groups is 1. The third-order valence-corrected chi connectivity index (χ3v) is 6.14. The van der Waals surface area contributed by atoms with Gasteiger partial charge >= 0.3 is 0 Å². The lowest BCUT2D eigenvalue weighted by Gasteiger charge is -2.20. The van der Waals surface area contributed by atoms with E-state index in [1.807, 2.05) is 23.3 Å². The molecule has 0 spiro atoms. The molecule has 7 heteroatoms. The van der Waals surface area contributed by atoms with Crippen molar-refractivity contribution >= 4 is 16.7 Å². The topological polar surface area (TPSA) is 60.1 Å². The Labute approximate surface area is 174 Å². The maximum absolute atomic E-state index is 14.2. The van der Waals surface area contributed by atoms with Crippen molar-refractivity contribution in [1.82, 2.24) is 19.2 Å². The Morgan fingerprint density at radius 3 is 2.47 bits per heavy atom. The summed E-state index contributed by atoms with van der Waals surface area (Å²) in [6.45, 7) is 5.54. The number of nitrogens with zero attached hydrogens (tertiary/aromatic N) is 4. The largest absolute Gasteiger partial charge is 0.343 e. The van der Waals surface area contributed by atoms with Gasteiger partial charge in [-0.1, -0.05) is 31.0 Å². The van der Waals surface area contributed by atoms with Crippen LogP contribution in [-0.2, 0) is 17.9 Å². The summed E-state index contributed by atoms with van der Waals surface area (Å²) in [5.41, 5.74) is 1.91. The highest BCUT2D eigenvalue weighted by Crippen LogP contribution is 2.23. The van der Waals surface area contributed by atoms with Gasteiger partial charge in [0.25, 0.3) is 5.56 Å². The van der Waals surface area contributed by atoms with Gasteiger partial charge in [-0.05, 0) is 32.8 Å². The van der Waals surface area contributed by atoms with Gasteiger partial charge in [0.05, 0.1) is 18.1 Å². The molecule has 1 aliphatic rings. The van der Waals surface area contributed by atoms with Crippen LogP contribution in [0.15, 0.2) is 35.3 Å². The van der Waals surface area contributed by atoms with E-state index in [0.717, 1.165) is 55.5 Å². The summed E-state index contributed by atoms with van der Waals surface area (Å²) in [5.74, 6) is -0.335. The van der Waals surface area contributed by atoms with E-state index in [9.17, 15) is 14.0 Å².